The van der Waals surface area contributed by atoms with Crippen LogP contribution in [0.5, 0.6) is 5.75 Å². The second kappa shape index (κ2) is 8.75. The first kappa shape index (κ1) is 18.3. The summed E-state index contributed by atoms with van der Waals surface area (Å²) in [6, 6.07) is 17.2. The summed E-state index contributed by atoms with van der Waals surface area (Å²) >= 11 is 0. The van der Waals surface area contributed by atoms with E-state index in [0.29, 0.717) is 6.54 Å². The minimum Gasteiger partial charge on any atom is -0.497 e. The van der Waals surface area contributed by atoms with E-state index in [0.717, 1.165) is 22.3 Å². The van der Waals surface area contributed by atoms with Crippen molar-refractivity contribution in [3.05, 3.63) is 60.8 Å². The van der Waals surface area contributed by atoms with Gasteiger partial charge >= 0.3 is 0 Å². The van der Waals surface area contributed by atoms with Gasteiger partial charge in [0.2, 0.25) is 5.91 Å². The number of ether oxygens (including phenoxy) is 1. The van der Waals surface area contributed by atoms with E-state index >= 15 is 0 Å². The van der Waals surface area contributed by atoms with E-state index in [4.69, 9.17) is 4.74 Å². The molecule has 1 aromatic heterocycles. The van der Waals surface area contributed by atoms with Gasteiger partial charge in [-0.1, -0.05) is 18.2 Å². The lowest BCUT2D eigenvalue weighted by molar-refractivity contribution is -0.128. The van der Waals surface area contributed by atoms with E-state index in [1.54, 1.807) is 19.2 Å². The number of anilines is 1. The summed E-state index contributed by atoms with van der Waals surface area (Å²) in [7, 11) is 1.59. The van der Waals surface area contributed by atoms with Crippen molar-refractivity contribution >= 4 is 28.4 Å². The zero-order chi connectivity index (χ0) is 19.1. The molecule has 0 spiro atoms. The highest BCUT2D eigenvalue weighted by Gasteiger charge is 2.06. The first-order valence-corrected chi connectivity index (χ1v) is 8.65. The Kier molecular flexibility index (Phi) is 5.94. The number of para-hydroxylation sites is 1. The van der Waals surface area contributed by atoms with Crippen LogP contribution in [-0.2, 0) is 16.1 Å². The summed E-state index contributed by atoms with van der Waals surface area (Å²) in [5, 5.41) is 4.11. The largest absolute Gasteiger partial charge is 0.497 e. The Morgan fingerprint density at radius 1 is 0.963 bits per heavy atom. The highest BCUT2D eigenvalue weighted by atomic mass is 16.5. The van der Waals surface area contributed by atoms with Crippen molar-refractivity contribution in [1.29, 1.82) is 0 Å². The normalized spacial score (nSPS) is 10.4. The van der Waals surface area contributed by atoms with Crippen LogP contribution >= 0.6 is 0 Å². The summed E-state index contributed by atoms with van der Waals surface area (Å²) in [5.74, 6) is 0.170. The first-order chi connectivity index (χ1) is 13.2. The Balaban J connectivity index is 1.38. The quantitative estimate of drug-likeness (QED) is 0.560. The van der Waals surface area contributed by atoms with Crippen molar-refractivity contribution in [3.8, 4) is 5.75 Å². The number of hydrazine groups is 1. The van der Waals surface area contributed by atoms with E-state index in [-0.39, 0.29) is 24.8 Å². The summed E-state index contributed by atoms with van der Waals surface area (Å²) in [6.45, 7) is 0.591. The maximum atomic E-state index is 12.0. The fourth-order valence-corrected chi connectivity index (χ4v) is 2.69. The molecule has 0 saturated heterocycles. The number of carbonyl (C=O) groups is 2. The average molecular weight is 366 g/mol. The molecule has 2 amide bonds. The third-order valence-electron chi connectivity index (χ3n) is 4.14. The fraction of sp³-hybridized carbons (Fsp3) is 0.200. The van der Waals surface area contributed by atoms with E-state index in [2.05, 4.69) is 16.2 Å². The number of fused-ring (bicyclic) bond motifs is 1. The smallest absolute Gasteiger partial charge is 0.257 e. The van der Waals surface area contributed by atoms with Gasteiger partial charge in [-0.05, 0) is 41.8 Å². The number of hydrogen-bond donors (Lipinski definition) is 3. The van der Waals surface area contributed by atoms with Gasteiger partial charge in [0.25, 0.3) is 5.91 Å². The maximum absolute atomic E-state index is 12.0. The number of nitrogens with one attached hydrogen (secondary N) is 3. The lowest BCUT2D eigenvalue weighted by Crippen LogP contribution is -2.44. The van der Waals surface area contributed by atoms with Gasteiger partial charge < -0.3 is 14.6 Å². The van der Waals surface area contributed by atoms with Gasteiger partial charge in [-0.3, -0.25) is 20.4 Å². The van der Waals surface area contributed by atoms with E-state index < -0.39 is 0 Å². The number of methoxy groups -OCH3 is 1. The molecule has 0 fully saturated rings. The Bertz CT molecular complexity index is 918. The summed E-state index contributed by atoms with van der Waals surface area (Å²) in [6.07, 6.45) is 2.22. The SMILES string of the molecule is COc1ccc(NCC(=O)NNC(=O)CCn2ccc3ccccc32)cc1. The van der Waals surface area contributed by atoms with Crippen molar-refractivity contribution in [2.24, 2.45) is 0 Å². The molecule has 3 aromatic rings. The molecule has 7 nitrogen and oxygen atoms in total. The van der Waals surface area contributed by atoms with Gasteiger partial charge in [-0.15, -0.1) is 0 Å². The third kappa shape index (κ3) is 5.01. The number of nitrogens with zero attached hydrogens (tertiary/aromatic N) is 1. The number of amides is 2. The Morgan fingerprint density at radius 3 is 2.48 bits per heavy atom. The summed E-state index contributed by atoms with van der Waals surface area (Å²) in [5.41, 5.74) is 6.71. The van der Waals surface area contributed by atoms with Crippen LogP contribution in [-0.4, -0.2) is 30.0 Å². The van der Waals surface area contributed by atoms with Gasteiger partial charge in [-0.2, -0.15) is 0 Å². The second-order valence-electron chi connectivity index (χ2n) is 6.00. The molecule has 0 aliphatic carbocycles. The van der Waals surface area contributed by atoms with Crippen LogP contribution in [0.25, 0.3) is 10.9 Å². The van der Waals surface area contributed by atoms with Crippen LogP contribution in [0.4, 0.5) is 5.69 Å². The fourth-order valence-electron chi connectivity index (χ4n) is 2.69. The molecule has 0 atom stereocenters. The molecule has 2 aromatic carbocycles. The molecule has 0 unspecified atom stereocenters. The number of hydrogen-bond acceptors (Lipinski definition) is 4. The van der Waals surface area contributed by atoms with E-state index in [1.165, 1.54) is 0 Å². The van der Waals surface area contributed by atoms with Gasteiger partial charge in [0.15, 0.2) is 0 Å². The lowest BCUT2D eigenvalue weighted by atomic mass is 10.2. The molecule has 0 bridgehead atoms. The van der Waals surface area contributed by atoms with Crippen LogP contribution in [0.2, 0.25) is 0 Å². The third-order valence-corrected chi connectivity index (χ3v) is 4.14. The summed E-state index contributed by atoms with van der Waals surface area (Å²) in [4.78, 5) is 23.8. The van der Waals surface area contributed by atoms with Gasteiger partial charge in [0, 0.05) is 30.4 Å². The zero-order valence-electron chi connectivity index (χ0n) is 15.1. The average Bonchev–Trinajstić information content (AvgIpc) is 3.12. The van der Waals surface area contributed by atoms with Crippen LogP contribution in [0.15, 0.2) is 60.8 Å². The molecule has 7 heteroatoms. The minimum atomic E-state index is -0.328. The standard InChI is InChI=1S/C20H22N4O3/c1-27-17-8-6-16(7-9-17)21-14-20(26)23-22-19(25)11-13-24-12-10-15-4-2-3-5-18(15)24/h2-10,12,21H,11,13-14H2,1H3,(H,22,25)(H,23,26). The molecule has 140 valence electrons. The molecule has 0 saturated carbocycles. The number of aryl methyl sites for hydroxylation is 1. The second-order valence-corrected chi connectivity index (χ2v) is 6.00. The lowest BCUT2D eigenvalue weighted by Gasteiger charge is -2.10. The van der Waals surface area contributed by atoms with Crippen LogP contribution in [0.1, 0.15) is 6.42 Å². The Morgan fingerprint density at radius 2 is 1.70 bits per heavy atom. The van der Waals surface area contributed by atoms with Crippen LogP contribution in [0, 0.1) is 0 Å². The molecule has 0 aliphatic rings. The maximum Gasteiger partial charge on any atom is 0.257 e. The molecular weight excluding hydrogens is 344 g/mol. The highest BCUT2D eigenvalue weighted by Crippen LogP contribution is 2.15. The number of aromatic nitrogens is 1. The van der Waals surface area contributed by atoms with Crippen molar-refractivity contribution in [2.45, 2.75) is 13.0 Å². The molecule has 27 heavy (non-hydrogen) atoms. The van der Waals surface area contributed by atoms with E-state index in [1.807, 2.05) is 53.2 Å². The molecule has 0 aliphatic heterocycles. The molecule has 1 heterocycles. The zero-order valence-corrected chi connectivity index (χ0v) is 15.1. The number of carbonyl (C=O) groups excluding carboxylic acids is 2. The monoisotopic (exact) mass is 366 g/mol. The topological polar surface area (TPSA) is 84.4 Å². The number of rotatable bonds is 7. The molecule has 3 N–H and O–H groups in total. The van der Waals surface area contributed by atoms with E-state index in [9.17, 15) is 9.59 Å². The van der Waals surface area contributed by atoms with Crippen LogP contribution in [0.3, 0.4) is 0 Å². The van der Waals surface area contributed by atoms with Gasteiger partial charge in [0.05, 0.1) is 13.7 Å². The Hall–Kier alpha value is -3.48. The molecular formula is C20H22N4O3. The molecule has 0 radical (unpaired) electrons. The Labute approximate surface area is 157 Å². The predicted molar refractivity (Wildman–Crippen MR) is 104 cm³/mol. The molecule has 3 rings (SSSR count). The van der Waals surface area contributed by atoms with Gasteiger partial charge in [0.1, 0.15) is 5.75 Å². The highest BCUT2D eigenvalue weighted by molar-refractivity contribution is 5.84. The summed E-state index contributed by atoms with van der Waals surface area (Å²) < 4.78 is 7.09. The number of benzene rings is 2. The van der Waals surface area contributed by atoms with Crippen LogP contribution < -0.4 is 20.9 Å². The van der Waals surface area contributed by atoms with Crippen molar-refractivity contribution in [3.63, 3.8) is 0 Å². The minimum absolute atomic E-state index is 0.0504. The predicted octanol–water partition coefficient (Wildman–Crippen LogP) is 2.30. The van der Waals surface area contributed by atoms with Gasteiger partial charge in [-0.25, -0.2) is 0 Å². The van der Waals surface area contributed by atoms with Crippen molar-refractivity contribution in [2.75, 3.05) is 19.0 Å². The first-order valence-electron chi connectivity index (χ1n) is 8.65. The van der Waals surface area contributed by atoms with Crippen molar-refractivity contribution in [1.82, 2.24) is 15.4 Å². The van der Waals surface area contributed by atoms with Crippen molar-refractivity contribution < 1.29 is 14.3 Å².